The van der Waals surface area contributed by atoms with Crippen molar-refractivity contribution in [2.45, 2.75) is 0 Å². The van der Waals surface area contributed by atoms with E-state index in [4.69, 9.17) is 4.74 Å². The quantitative estimate of drug-likeness (QED) is 0.766. The van der Waals surface area contributed by atoms with E-state index < -0.39 is 5.97 Å². The molecule has 0 aliphatic heterocycles. The Morgan fingerprint density at radius 2 is 1.76 bits per heavy atom. The SMILES string of the molecule is COC(=O)c1ccccc1NC(=O)c1cc(Br)ccc1Br. The van der Waals surface area contributed by atoms with Crippen LogP contribution in [0.2, 0.25) is 0 Å². The first kappa shape index (κ1) is 15.7. The summed E-state index contributed by atoms with van der Waals surface area (Å²) in [5, 5.41) is 2.72. The van der Waals surface area contributed by atoms with Crippen molar-refractivity contribution in [2.24, 2.45) is 0 Å². The zero-order valence-electron chi connectivity index (χ0n) is 11.0. The van der Waals surface area contributed by atoms with Gasteiger partial charge in [-0.3, -0.25) is 4.79 Å². The molecule has 1 amide bonds. The van der Waals surface area contributed by atoms with Gasteiger partial charge < -0.3 is 10.1 Å². The van der Waals surface area contributed by atoms with Crippen molar-refractivity contribution in [1.82, 2.24) is 0 Å². The molecule has 2 rings (SSSR count). The van der Waals surface area contributed by atoms with Crippen LogP contribution in [-0.2, 0) is 4.74 Å². The van der Waals surface area contributed by atoms with Crippen molar-refractivity contribution in [1.29, 1.82) is 0 Å². The number of benzene rings is 2. The molecule has 0 heterocycles. The molecule has 2 aromatic rings. The first-order valence-corrected chi connectivity index (χ1v) is 7.55. The summed E-state index contributed by atoms with van der Waals surface area (Å²) in [6.07, 6.45) is 0. The van der Waals surface area contributed by atoms with E-state index in [1.165, 1.54) is 7.11 Å². The molecule has 0 aromatic heterocycles. The summed E-state index contributed by atoms with van der Waals surface area (Å²) >= 11 is 6.66. The van der Waals surface area contributed by atoms with Crippen LogP contribution in [0.5, 0.6) is 0 Å². The van der Waals surface area contributed by atoms with E-state index in [1.807, 2.05) is 6.07 Å². The minimum Gasteiger partial charge on any atom is -0.465 e. The molecule has 2 aromatic carbocycles. The molecule has 0 aliphatic carbocycles. The van der Waals surface area contributed by atoms with Crippen molar-refractivity contribution >= 4 is 49.4 Å². The molecule has 6 heteroatoms. The van der Waals surface area contributed by atoms with Gasteiger partial charge in [0.15, 0.2) is 0 Å². The number of anilines is 1. The van der Waals surface area contributed by atoms with Gasteiger partial charge in [0.25, 0.3) is 5.91 Å². The van der Waals surface area contributed by atoms with E-state index in [0.29, 0.717) is 21.3 Å². The number of ether oxygens (including phenoxy) is 1. The van der Waals surface area contributed by atoms with Crippen LogP contribution >= 0.6 is 31.9 Å². The Labute approximate surface area is 138 Å². The van der Waals surface area contributed by atoms with Crippen molar-refractivity contribution in [3.8, 4) is 0 Å². The Bertz CT molecular complexity index is 701. The molecule has 108 valence electrons. The van der Waals surface area contributed by atoms with Crippen LogP contribution in [0, 0.1) is 0 Å². The molecule has 4 nitrogen and oxygen atoms in total. The van der Waals surface area contributed by atoms with E-state index in [9.17, 15) is 9.59 Å². The molecule has 0 fully saturated rings. The third-order valence-corrected chi connectivity index (χ3v) is 3.94. The van der Waals surface area contributed by atoms with Gasteiger partial charge in [0.2, 0.25) is 0 Å². The van der Waals surface area contributed by atoms with Gasteiger partial charge >= 0.3 is 5.97 Å². The number of methoxy groups -OCH3 is 1. The van der Waals surface area contributed by atoms with Gasteiger partial charge in [-0.15, -0.1) is 0 Å². The molecule has 0 saturated heterocycles. The highest BCUT2D eigenvalue weighted by molar-refractivity contribution is 9.11. The average molecular weight is 413 g/mol. The number of carbonyl (C=O) groups excluding carboxylic acids is 2. The number of amides is 1. The summed E-state index contributed by atoms with van der Waals surface area (Å²) in [4.78, 5) is 24.0. The van der Waals surface area contributed by atoms with Crippen molar-refractivity contribution < 1.29 is 14.3 Å². The molecule has 21 heavy (non-hydrogen) atoms. The molecule has 0 spiro atoms. The Hall–Kier alpha value is -1.66. The number of hydrogen-bond donors (Lipinski definition) is 1. The predicted octanol–water partition coefficient (Wildman–Crippen LogP) is 4.25. The number of carbonyl (C=O) groups is 2. The van der Waals surface area contributed by atoms with Crippen LogP contribution in [0.4, 0.5) is 5.69 Å². The largest absolute Gasteiger partial charge is 0.465 e. The molecule has 0 radical (unpaired) electrons. The fourth-order valence-corrected chi connectivity index (χ4v) is 2.53. The lowest BCUT2D eigenvalue weighted by molar-refractivity contribution is 0.0602. The monoisotopic (exact) mass is 411 g/mol. The maximum atomic E-state index is 12.3. The predicted molar refractivity (Wildman–Crippen MR) is 87.6 cm³/mol. The van der Waals surface area contributed by atoms with E-state index in [2.05, 4.69) is 37.2 Å². The first-order chi connectivity index (χ1) is 10.0. The van der Waals surface area contributed by atoms with Crippen molar-refractivity contribution in [3.63, 3.8) is 0 Å². The van der Waals surface area contributed by atoms with E-state index >= 15 is 0 Å². The highest BCUT2D eigenvalue weighted by Gasteiger charge is 2.16. The standard InChI is InChI=1S/C15H11Br2NO3/c1-21-15(20)10-4-2-3-5-13(10)18-14(19)11-8-9(16)6-7-12(11)17/h2-8H,1H3,(H,18,19). The molecule has 1 N–H and O–H groups in total. The highest BCUT2D eigenvalue weighted by Crippen LogP contribution is 2.24. The molecular weight excluding hydrogens is 402 g/mol. The second-order valence-electron chi connectivity index (χ2n) is 4.12. The molecule has 0 saturated carbocycles. The van der Waals surface area contributed by atoms with Crippen molar-refractivity contribution in [3.05, 3.63) is 62.5 Å². The van der Waals surface area contributed by atoms with Crippen LogP contribution < -0.4 is 5.32 Å². The third-order valence-electron chi connectivity index (χ3n) is 2.75. The van der Waals surface area contributed by atoms with Crippen LogP contribution in [0.3, 0.4) is 0 Å². The Balaban J connectivity index is 2.32. The normalized spacial score (nSPS) is 10.0. The highest BCUT2D eigenvalue weighted by atomic mass is 79.9. The molecule has 0 atom stereocenters. The van der Waals surface area contributed by atoms with Crippen LogP contribution in [-0.4, -0.2) is 19.0 Å². The van der Waals surface area contributed by atoms with Gasteiger partial charge in [0.05, 0.1) is 23.9 Å². The summed E-state index contributed by atoms with van der Waals surface area (Å²) < 4.78 is 6.15. The summed E-state index contributed by atoms with van der Waals surface area (Å²) in [6, 6.07) is 12.0. The topological polar surface area (TPSA) is 55.4 Å². The number of para-hydroxylation sites is 1. The zero-order chi connectivity index (χ0) is 15.4. The number of nitrogens with one attached hydrogen (secondary N) is 1. The van der Waals surface area contributed by atoms with Gasteiger partial charge in [0, 0.05) is 8.95 Å². The second kappa shape index (κ2) is 6.87. The smallest absolute Gasteiger partial charge is 0.339 e. The fourth-order valence-electron chi connectivity index (χ4n) is 1.74. The summed E-state index contributed by atoms with van der Waals surface area (Å²) in [5.74, 6) is -0.821. The van der Waals surface area contributed by atoms with Gasteiger partial charge in [0.1, 0.15) is 0 Å². The van der Waals surface area contributed by atoms with Gasteiger partial charge in [-0.25, -0.2) is 4.79 Å². The lowest BCUT2D eigenvalue weighted by Gasteiger charge is -2.10. The van der Waals surface area contributed by atoms with Crippen LogP contribution in [0.15, 0.2) is 51.4 Å². The van der Waals surface area contributed by atoms with Gasteiger partial charge in [-0.2, -0.15) is 0 Å². The lowest BCUT2D eigenvalue weighted by Crippen LogP contribution is -2.15. The minimum absolute atomic E-state index is 0.305. The first-order valence-electron chi connectivity index (χ1n) is 5.96. The molecule has 0 unspecified atom stereocenters. The minimum atomic E-state index is -0.501. The Kier molecular flexibility index (Phi) is 5.14. The average Bonchev–Trinajstić information content (AvgIpc) is 2.49. The molecular formula is C15H11Br2NO3. The maximum absolute atomic E-state index is 12.3. The fraction of sp³-hybridized carbons (Fsp3) is 0.0667. The van der Waals surface area contributed by atoms with E-state index in [0.717, 1.165) is 4.47 Å². The lowest BCUT2D eigenvalue weighted by atomic mass is 10.1. The number of esters is 1. The van der Waals surface area contributed by atoms with Crippen LogP contribution in [0.25, 0.3) is 0 Å². The Morgan fingerprint density at radius 3 is 2.48 bits per heavy atom. The number of rotatable bonds is 3. The number of hydrogen-bond acceptors (Lipinski definition) is 3. The van der Waals surface area contributed by atoms with Gasteiger partial charge in [-0.05, 0) is 46.3 Å². The molecule has 0 bridgehead atoms. The summed E-state index contributed by atoms with van der Waals surface area (Å²) in [5.41, 5.74) is 1.17. The third kappa shape index (κ3) is 3.71. The Morgan fingerprint density at radius 1 is 1.05 bits per heavy atom. The van der Waals surface area contributed by atoms with Crippen LogP contribution in [0.1, 0.15) is 20.7 Å². The molecule has 0 aliphatic rings. The second-order valence-corrected chi connectivity index (χ2v) is 5.89. The van der Waals surface area contributed by atoms with Gasteiger partial charge in [-0.1, -0.05) is 28.1 Å². The maximum Gasteiger partial charge on any atom is 0.339 e. The van der Waals surface area contributed by atoms with E-state index in [1.54, 1.807) is 36.4 Å². The van der Waals surface area contributed by atoms with Crippen molar-refractivity contribution in [2.75, 3.05) is 12.4 Å². The summed E-state index contributed by atoms with van der Waals surface area (Å²) in [7, 11) is 1.30. The van der Waals surface area contributed by atoms with E-state index in [-0.39, 0.29) is 5.91 Å². The number of halogens is 2. The summed E-state index contributed by atoms with van der Waals surface area (Å²) in [6.45, 7) is 0. The zero-order valence-corrected chi connectivity index (χ0v) is 14.2.